The zero-order chi connectivity index (χ0) is 19.1. The number of ketones is 1. The highest BCUT2D eigenvalue weighted by atomic mass is 16.5. The number of aromatic hydroxyl groups is 2. The summed E-state index contributed by atoms with van der Waals surface area (Å²) in [5.74, 6) is 0.825. The first-order valence-electron chi connectivity index (χ1n) is 9.63. The number of phenols is 2. The molecule has 0 bridgehead atoms. The van der Waals surface area contributed by atoms with Gasteiger partial charge in [-0.3, -0.25) is 4.79 Å². The molecule has 0 saturated heterocycles. The van der Waals surface area contributed by atoms with Crippen molar-refractivity contribution in [3.63, 3.8) is 0 Å². The summed E-state index contributed by atoms with van der Waals surface area (Å²) in [4.78, 5) is 13.0. The Bertz CT molecular complexity index is 962. The topological polar surface area (TPSA) is 66.8 Å². The molecule has 140 valence electrons. The molecule has 2 fully saturated rings. The second-order valence-electron chi connectivity index (χ2n) is 9.11. The first-order valence-corrected chi connectivity index (χ1v) is 9.63. The van der Waals surface area contributed by atoms with E-state index in [1.54, 1.807) is 24.3 Å². The van der Waals surface area contributed by atoms with Crippen molar-refractivity contribution in [2.45, 2.75) is 45.1 Å². The van der Waals surface area contributed by atoms with Crippen LogP contribution in [0.5, 0.6) is 17.2 Å². The fourth-order valence-corrected chi connectivity index (χ4v) is 6.12. The molecule has 0 amide bonds. The maximum atomic E-state index is 13.0. The lowest BCUT2D eigenvalue weighted by Crippen LogP contribution is -2.59. The Morgan fingerprint density at radius 1 is 1.15 bits per heavy atom. The van der Waals surface area contributed by atoms with Crippen LogP contribution in [0.1, 0.15) is 61.0 Å². The number of benzene rings is 2. The van der Waals surface area contributed by atoms with E-state index in [4.69, 9.17) is 4.74 Å². The van der Waals surface area contributed by atoms with Crippen molar-refractivity contribution >= 4 is 5.78 Å². The summed E-state index contributed by atoms with van der Waals surface area (Å²) in [7, 11) is 0. The van der Waals surface area contributed by atoms with Crippen molar-refractivity contribution in [2.75, 3.05) is 0 Å². The van der Waals surface area contributed by atoms with Gasteiger partial charge in [-0.1, -0.05) is 44.2 Å². The highest BCUT2D eigenvalue weighted by Crippen LogP contribution is 2.74. The van der Waals surface area contributed by atoms with Crippen molar-refractivity contribution in [1.82, 2.24) is 0 Å². The number of ether oxygens (including phenoxy) is 1. The van der Waals surface area contributed by atoms with Crippen LogP contribution in [0.15, 0.2) is 36.4 Å². The molecule has 0 spiro atoms. The van der Waals surface area contributed by atoms with Gasteiger partial charge >= 0.3 is 0 Å². The van der Waals surface area contributed by atoms with E-state index >= 15 is 0 Å². The zero-order valence-electron chi connectivity index (χ0n) is 15.8. The van der Waals surface area contributed by atoms with Crippen LogP contribution in [0, 0.1) is 17.3 Å². The highest BCUT2D eigenvalue weighted by Gasteiger charge is 2.69. The Hall–Kier alpha value is -2.49. The van der Waals surface area contributed by atoms with E-state index in [-0.39, 0.29) is 39.8 Å². The molecule has 4 nitrogen and oxygen atoms in total. The average molecular weight is 364 g/mol. The smallest absolute Gasteiger partial charge is 0.200 e. The van der Waals surface area contributed by atoms with Crippen LogP contribution in [0.3, 0.4) is 0 Å². The van der Waals surface area contributed by atoms with E-state index in [9.17, 15) is 15.0 Å². The van der Waals surface area contributed by atoms with Crippen LogP contribution in [0.4, 0.5) is 0 Å². The minimum Gasteiger partial charge on any atom is -0.507 e. The van der Waals surface area contributed by atoms with Gasteiger partial charge in [0, 0.05) is 29.0 Å². The number of carbonyl (C=O) groups excluding carboxylic acids is 1. The van der Waals surface area contributed by atoms with Crippen molar-refractivity contribution in [1.29, 1.82) is 0 Å². The van der Waals surface area contributed by atoms with E-state index in [0.717, 1.165) is 12.8 Å². The van der Waals surface area contributed by atoms with Gasteiger partial charge in [-0.05, 0) is 31.1 Å². The molecular weight excluding hydrogens is 340 g/mol. The maximum Gasteiger partial charge on any atom is 0.200 e. The third-order valence-corrected chi connectivity index (χ3v) is 7.41. The summed E-state index contributed by atoms with van der Waals surface area (Å²) in [6.07, 6.45) is 2.09. The SMILES string of the molecule is CC1(C)[C@@H]2CC[C@]3(C)Oc4cc(O)c(C(=O)c5ccccc5)c(O)c4[C@@H]1[C@@H]23. The predicted octanol–water partition coefficient (Wildman–Crippen LogP) is 4.63. The van der Waals surface area contributed by atoms with E-state index in [0.29, 0.717) is 28.7 Å². The fraction of sp³-hybridized carbons (Fsp3) is 0.435. The van der Waals surface area contributed by atoms with E-state index in [1.165, 1.54) is 6.07 Å². The molecule has 4 heteroatoms. The molecule has 0 aromatic heterocycles. The molecular formula is C23H24O4. The van der Waals surface area contributed by atoms with Gasteiger partial charge in [0.05, 0.1) is 0 Å². The molecule has 1 heterocycles. The average Bonchev–Trinajstić information content (AvgIpc) is 2.96. The largest absolute Gasteiger partial charge is 0.507 e. The summed E-state index contributed by atoms with van der Waals surface area (Å²) in [5, 5.41) is 21.7. The van der Waals surface area contributed by atoms with E-state index in [1.807, 2.05) is 6.07 Å². The van der Waals surface area contributed by atoms with Crippen LogP contribution in [0.2, 0.25) is 0 Å². The highest BCUT2D eigenvalue weighted by molar-refractivity contribution is 6.12. The molecule has 2 aliphatic carbocycles. The second-order valence-corrected chi connectivity index (χ2v) is 9.11. The first-order chi connectivity index (χ1) is 12.8. The van der Waals surface area contributed by atoms with Crippen LogP contribution in [-0.4, -0.2) is 21.6 Å². The zero-order valence-corrected chi connectivity index (χ0v) is 15.8. The van der Waals surface area contributed by atoms with Crippen molar-refractivity contribution in [3.05, 3.63) is 53.1 Å². The van der Waals surface area contributed by atoms with Crippen LogP contribution in [-0.2, 0) is 0 Å². The van der Waals surface area contributed by atoms with Gasteiger partial charge in [-0.15, -0.1) is 0 Å². The summed E-state index contributed by atoms with van der Waals surface area (Å²) in [5.41, 5.74) is 0.878. The van der Waals surface area contributed by atoms with Gasteiger partial charge in [0.15, 0.2) is 0 Å². The van der Waals surface area contributed by atoms with Gasteiger partial charge < -0.3 is 14.9 Å². The molecule has 0 unspecified atom stereocenters. The lowest BCUT2D eigenvalue weighted by atomic mass is 9.45. The summed E-state index contributed by atoms with van der Waals surface area (Å²) in [6, 6.07) is 10.3. The Kier molecular flexibility index (Phi) is 3.12. The van der Waals surface area contributed by atoms with Crippen molar-refractivity contribution < 1.29 is 19.7 Å². The number of carbonyl (C=O) groups is 1. The fourth-order valence-electron chi connectivity index (χ4n) is 6.12. The van der Waals surface area contributed by atoms with Crippen molar-refractivity contribution in [3.8, 4) is 17.2 Å². The summed E-state index contributed by atoms with van der Waals surface area (Å²) in [6.45, 7) is 6.62. The van der Waals surface area contributed by atoms with Gasteiger partial charge in [-0.2, -0.15) is 0 Å². The molecule has 2 saturated carbocycles. The molecule has 5 rings (SSSR count). The molecule has 2 aromatic carbocycles. The molecule has 27 heavy (non-hydrogen) atoms. The number of fused-ring (bicyclic) bond motifs is 2. The third kappa shape index (κ3) is 1.96. The molecule has 2 N–H and O–H groups in total. The number of hydrogen-bond donors (Lipinski definition) is 2. The number of rotatable bonds is 2. The van der Waals surface area contributed by atoms with Crippen LogP contribution in [0.25, 0.3) is 0 Å². The Morgan fingerprint density at radius 3 is 2.56 bits per heavy atom. The van der Waals surface area contributed by atoms with Gasteiger partial charge in [-0.25, -0.2) is 0 Å². The third-order valence-electron chi connectivity index (χ3n) is 7.41. The predicted molar refractivity (Wildman–Crippen MR) is 101 cm³/mol. The van der Waals surface area contributed by atoms with Gasteiger partial charge in [0.1, 0.15) is 28.4 Å². The quantitative estimate of drug-likeness (QED) is 0.763. The molecule has 3 aliphatic rings. The monoisotopic (exact) mass is 364 g/mol. The number of hydrogen-bond acceptors (Lipinski definition) is 4. The first kappa shape index (κ1) is 16.7. The molecule has 2 aromatic rings. The Labute approximate surface area is 158 Å². The van der Waals surface area contributed by atoms with Gasteiger partial charge in [0.2, 0.25) is 5.78 Å². The molecule has 0 radical (unpaired) electrons. The van der Waals surface area contributed by atoms with Crippen LogP contribution >= 0.6 is 0 Å². The van der Waals surface area contributed by atoms with E-state index in [2.05, 4.69) is 20.8 Å². The maximum absolute atomic E-state index is 13.0. The second kappa shape index (κ2) is 5.06. The van der Waals surface area contributed by atoms with Crippen LogP contribution < -0.4 is 4.74 Å². The minimum absolute atomic E-state index is 0.0237. The molecule has 1 aliphatic heterocycles. The Morgan fingerprint density at radius 2 is 1.85 bits per heavy atom. The van der Waals surface area contributed by atoms with E-state index < -0.39 is 0 Å². The van der Waals surface area contributed by atoms with Crippen molar-refractivity contribution in [2.24, 2.45) is 17.3 Å². The lowest BCUT2D eigenvalue weighted by molar-refractivity contribution is -0.121. The molecule has 4 atom stereocenters. The van der Waals surface area contributed by atoms with Gasteiger partial charge in [0.25, 0.3) is 0 Å². The summed E-state index contributed by atoms with van der Waals surface area (Å²) >= 11 is 0. The number of phenolic OH excluding ortho intramolecular Hbond substituents is 2. The minimum atomic E-state index is -0.373. The lowest BCUT2D eigenvalue weighted by Gasteiger charge is -2.62. The Balaban J connectivity index is 1.70. The normalized spacial score (nSPS) is 32.0. The summed E-state index contributed by atoms with van der Waals surface area (Å²) < 4.78 is 6.31. The standard InChI is InChI=1S/C23H24O4/c1-22(2)13-9-10-23(3)18(13)19(22)17-15(27-23)11-14(24)16(21(17)26)20(25)12-7-5-4-6-8-12/h4-8,11,13,18-19,24,26H,9-10H2,1-3H3/t13-,18-,19-,23+/m1/s1.